The number of nitrogens with zero attached hydrogens (tertiary/aromatic N) is 4. The Balaban J connectivity index is 2.60. The molecule has 0 aliphatic rings. The molecule has 1 aromatic heterocycles. The van der Waals surface area contributed by atoms with Gasteiger partial charge in [0.2, 0.25) is 0 Å². The predicted molar refractivity (Wildman–Crippen MR) is 59.3 cm³/mol. The van der Waals surface area contributed by atoms with Gasteiger partial charge in [-0.25, -0.2) is 0 Å². The summed E-state index contributed by atoms with van der Waals surface area (Å²) in [5.74, 6) is 0. The zero-order valence-corrected chi connectivity index (χ0v) is 8.33. The average Bonchev–Trinajstić information content (AvgIpc) is 2.71. The van der Waals surface area contributed by atoms with Crippen molar-refractivity contribution < 1.29 is 0 Å². The lowest BCUT2D eigenvalue weighted by Crippen LogP contribution is -1.90. The molecule has 0 unspecified atom stereocenters. The summed E-state index contributed by atoms with van der Waals surface area (Å²) in [7, 11) is 0. The van der Waals surface area contributed by atoms with Crippen LogP contribution in [0.15, 0.2) is 47.8 Å². The number of hydrogen-bond acceptors (Lipinski definition) is 1. The van der Waals surface area contributed by atoms with E-state index in [1.165, 1.54) is 0 Å². The Hall–Kier alpha value is -2.19. The molecule has 0 radical (unpaired) electrons. The predicted octanol–water partition coefficient (Wildman–Crippen LogP) is 3.73. The highest BCUT2D eigenvalue weighted by Crippen LogP contribution is 2.24. The number of rotatable bonds is 2. The molecule has 0 saturated carbocycles. The van der Waals surface area contributed by atoms with Crippen molar-refractivity contribution in [2.75, 3.05) is 0 Å². The second-order valence-corrected chi connectivity index (χ2v) is 3.27. The molecule has 0 fully saturated rings. The maximum atomic E-state index is 8.48. The first-order valence-electron chi connectivity index (χ1n) is 4.60. The van der Waals surface area contributed by atoms with Gasteiger partial charge in [0.1, 0.15) is 0 Å². The monoisotopic (exact) mass is 198 g/mol. The van der Waals surface area contributed by atoms with Crippen LogP contribution in [0.1, 0.15) is 5.56 Å². The normalized spacial score (nSPS) is 9.67. The fourth-order valence-electron chi connectivity index (χ4n) is 1.48. The lowest BCUT2D eigenvalue weighted by atomic mass is 10.2. The third-order valence-electron chi connectivity index (χ3n) is 2.17. The smallest absolute Gasteiger partial charge is 0.0618 e. The molecule has 0 aliphatic heterocycles. The highest BCUT2D eigenvalue weighted by atomic mass is 15.1. The summed E-state index contributed by atoms with van der Waals surface area (Å²) in [6, 6.07) is 9.67. The number of benzene rings is 1. The Morgan fingerprint density at radius 2 is 2.00 bits per heavy atom. The lowest BCUT2D eigenvalue weighted by Gasteiger charge is -2.07. The van der Waals surface area contributed by atoms with E-state index in [0.717, 1.165) is 11.3 Å². The van der Waals surface area contributed by atoms with Gasteiger partial charge in [0, 0.05) is 17.3 Å². The first kappa shape index (κ1) is 9.37. The fraction of sp³-hybridized carbons (Fsp3) is 0.0909. The van der Waals surface area contributed by atoms with E-state index < -0.39 is 0 Å². The van der Waals surface area contributed by atoms with Crippen LogP contribution in [-0.4, -0.2) is 4.57 Å². The van der Waals surface area contributed by atoms with Crippen LogP contribution in [0.2, 0.25) is 0 Å². The molecule has 2 aromatic rings. The highest BCUT2D eigenvalue weighted by molar-refractivity contribution is 5.58. The van der Waals surface area contributed by atoms with Crippen molar-refractivity contribution in [1.29, 1.82) is 0 Å². The standard InChI is InChI=1S/C11H10N4/c1-9-4-5-11(10(8-9)13-14-12)15-6-2-3-7-15/h2-8H,1H3. The van der Waals surface area contributed by atoms with E-state index in [2.05, 4.69) is 10.0 Å². The first-order chi connectivity index (χ1) is 7.31. The minimum absolute atomic E-state index is 0.647. The van der Waals surface area contributed by atoms with Crippen molar-refractivity contribution >= 4 is 5.69 Å². The van der Waals surface area contributed by atoms with Crippen LogP contribution in [0.3, 0.4) is 0 Å². The van der Waals surface area contributed by atoms with Gasteiger partial charge < -0.3 is 4.57 Å². The SMILES string of the molecule is Cc1ccc(-n2cccc2)c(N=[N+]=[N-])c1. The van der Waals surface area contributed by atoms with Gasteiger partial charge in [0.15, 0.2) is 0 Å². The quantitative estimate of drug-likeness (QED) is 0.401. The maximum absolute atomic E-state index is 8.48. The number of aromatic nitrogens is 1. The summed E-state index contributed by atoms with van der Waals surface area (Å²) in [4.78, 5) is 2.83. The van der Waals surface area contributed by atoms with Crippen LogP contribution in [0.5, 0.6) is 0 Å². The Kier molecular flexibility index (Phi) is 2.44. The van der Waals surface area contributed by atoms with Gasteiger partial charge >= 0.3 is 0 Å². The van der Waals surface area contributed by atoms with E-state index in [4.69, 9.17) is 5.53 Å². The first-order valence-corrected chi connectivity index (χ1v) is 4.60. The van der Waals surface area contributed by atoms with Gasteiger partial charge in [-0.05, 0) is 36.7 Å². The summed E-state index contributed by atoms with van der Waals surface area (Å²) in [6.45, 7) is 1.97. The van der Waals surface area contributed by atoms with Crippen LogP contribution in [0, 0.1) is 6.92 Å². The van der Waals surface area contributed by atoms with Gasteiger partial charge in [-0.2, -0.15) is 0 Å². The second-order valence-electron chi connectivity index (χ2n) is 3.27. The molecule has 74 valence electrons. The molecular formula is C11H10N4. The van der Waals surface area contributed by atoms with Crippen molar-refractivity contribution in [1.82, 2.24) is 4.57 Å². The molecule has 15 heavy (non-hydrogen) atoms. The van der Waals surface area contributed by atoms with Gasteiger partial charge in [-0.15, -0.1) is 0 Å². The molecule has 2 rings (SSSR count). The van der Waals surface area contributed by atoms with Crippen LogP contribution < -0.4 is 0 Å². The van der Waals surface area contributed by atoms with Crippen molar-refractivity contribution in [3.63, 3.8) is 0 Å². The molecule has 1 aromatic carbocycles. The van der Waals surface area contributed by atoms with Crippen LogP contribution in [-0.2, 0) is 0 Å². The van der Waals surface area contributed by atoms with Crippen molar-refractivity contribution in [2.45, 2.75) is 6.92 Å². The molecule has 0 saturated heterocycles. The Morgan fingerprint density at radius 1 is 1.27 bits per heavy atom. The minimum atomic E-state index is 0.647. The van der Waals surface area contributed by atoms with Crippen molar-refractivity contribution in [3.8, 4) is 5.69 Å². The molecule has 4 heteroatoms. The van der Waals surface area contributed by atoms with Crippen LogP contribution in [0.25, 0.3) is 16.1 Å². The Morgan fingerprint density at radius 3 is 2.67 bits per heavy atom. The zero-order chi connectivity index (χ0) is 10.7. The molecule has 0 N–H and O–H groups in total. The van der Waals surface area contributed by atoms with E-state index in [1.54, 1.807) is 0 Å². The van der Waals surface area contributed by atoms with Gasteiger partial charge in [-0.3, -0.25) is 0 Å². The third-order valence-corrected chi connectivity index (χ3v) is 2.17. The molecule has 0 aliphatic carbocycles. The molecule has 0 amide bonds. The van der Waals surface area contributed by atoms with Crippen LogP contribution in [0.4, 0.5) is 5.69 Å². The summed E-state index contributed by atoms with van der Waals surface area (Å²) in [5, 5.41) is 3.68. The van der Waals surface area contributed by atoms with Crippen molar-refractivity contribution in [3.05, 3.63) is 58.7 Å². The molecule has 0 spiro atoms. The molecule has 0 atom stereocenters. The maximum Gasteiger partial charge on any atom is 0.0618 e. The third kappa shape index (κ3) is 1.85. The Bertz CT molecular complexity index is 507. The number of hydrogen-bond donors (Lipinski definition) is 0. The van der Waals surface area contributed by atoms with Gasteiger partial charge in [0.05, 0.1) is 11.4 Å². The van der Waals surface area contributed by atoms with Crippen molar-refractivity contribution in [2.24, 2.45) is 5.11 Å². The topological polar surface area (TPSA) is 53.7 Å². The van der Waals surface area contributed by atoms with E-state index >= 15 is 0 Å². The molecule has 0 bridgehead atoms. The second kappa shape index (κ2) is 3.90. The summed E-state index contributed by atoms with van der Waals surface area (Å²) >= 11 is 0. The lowest BCUT2D eigenvalue weighted by molar-refractivity contribution is 1.07. The zero-order valence-electron chi connectivity index (χ0n) is 8.33. The summed E-state index contributed by atoms with van der Waals surface area (Å²) in [5.41, 5.74) is 11.1. The number of azide groups is 1. The minimum Gasteiger partial charge on any atom is -0.323 e. The highest BCUT2D eigenvalue weighted by Gasteiger charge is 2.01. The summed E-state index contributed by atoms with van der Waals surface area (Å²) < 4.78 is 1.92. The fourth-order valence-corrected chi connectivity index (χ4v) is 1.48. The average molecular weight is 198 g/mol. The largest absolute Gasteiger partial charge is 0.323 e. The van der Waals surface area contributed by atoms with E-state index in [-0.39, 0.29) is 0 Å². The summed E-state index contributed by atoms with van der Waals surface area (Å²) in [6.07, 6.45) is 3.84. The van der Waals surface area contributed by atoms with Crippen LogP contribution >= 0.6 is 0 Å². The van der Waals surface area contributed by atoms with E-state index in [1.807, 2.05) is 54.2 Å². The molecule has 1 heterocycles. The van der Waals surface area contributed by atoms with Gasteiger partial charge in [-0.1, -0.05) is 16.7 Å². The molecule has 4 nitrogen and oxygen atoms in total. The molecular weight excluding hydrogens is 188 g/mol. The number of aryl methyl sites for hydroxylation is 1. The van der Waals surface area contributed by atoms with Gasteiger partial charge in [0.25, 0.3) is 0 Å². The van der Waals surface area contributed by atoms with E-state index in [0.29, 0.717) is 5.69 Å². The Labute approximate surface area is 87.4 Å². The van der Waals surface area contributed by atoms with E-state index in [9.17, 15) is 0 Å².